The first-order chi connectivity index (χ1) is 16.1. The summed E-state index contributed by atoms with van der Waals surface area (Å²) in [6.07, 6.45) is 0. The van der Waals surface area contributed by atoms with Crippen LogP contribution in [0.2, 0.25) is 5.02 Å². The Kier molecular flexibility index (Phi) is 6.99. The fourth-order valence-electron chi connectivity index (χ4n) is 3.35. The number of nitrogens with zero attached hydrogens (tertiary/aromatic N) is 1. The highest BCUT2D eigenvalue weighted by atomic mass is 35.5. The standard InChI is InChI=1S/C22H22ClF2N3O4S2/c1-13(15-5-14(3-4-17(15)24)32-11-22(2)9-31-10-22)27-19-7-18(25)20(6-16(19)23)34(29,30)28-21-8-33-12-26-21/h3-8,12-13,27-28H,9-11H2,1-2H3. The molecule has 1 fully saturated rings. The van der Waals surface area contributed by atoms with Gasteiger partial charge in [0.1, 0.15) is 22.3 Å². The van der Waals surface area contributed by atoms with Crippen molar-refractivity contribution in [3.8, 4) is 5.75 Å². The molecular formula is C22H22ClF2N3O4S2. The first kappa shape index (κ1) is 24.6. The lowest BCUT2D eigenvalue weighted by molar-refractivity contribution is -0.120. The Labute approximate surface area is 205 Å². The molecule has 0 saturated carbocycles. The van der Waals surface area contributed by atoms with E-state index in [0.717, 1.165) is 12.1 Å². The minimum absolute atomic E-state index is 0.0439. The average Bonchev–Trinajstić information content (AvgIpc) is 3.26. The molecule has 7 nitrogen and oxygen atoms in total. The van der Waals surface area contributed by atoms with Gasteiger partial charge in [-0.25, -0.2) is 22.2 Å². The van der Waals surface area contributed by atoms with Gasteiger partial charge in [-0.3, -0.25) is 4.72 Å². The summed E-state index contributed by atoms with van der Waals surface area (Å²) in [7, 11) is -4.24. The molecule has 3 aromatic rings. The summed E-state index contributed by atoms with van der Waals surface area (Å²) in [5, 5.41) is 4.37. The Balaban J connectivity index is 1.51. The molecule has 1 aromatic heterocycles. The van der Waals surface area contributed by atoms with Crippen LogP contribution in [0.5, 0.6) is 5.75 Å². The molecule has 2 N–H and O–H groups in total. The summed E-state index contributed by atoms with van der Waals surface area (Å²) in [4.78, 5) is 3.20. The number of nitrogens with one attached hydrogen (secondary N) is 2. The molecule has 12 heteroatoms. The van der Waals surface area contributed by atoms with E-state index < -0.39 is 32.6 Å². The van der Waals surface area contributed by atoms with Gasteiger partial charge in [0.2, 0.25) is 0 Å². The zero-order valence-electron chi connectivity index (χ0n) is 18.3. The number of aromatic nitrogens is 1. The van der Waals surface area contributed by atoms with Crippen molar-refractivity contribution in [1.29, 1.82) is 0 Å². The third-order valence-electron chi connectivity index (χ3n) is 5.28. The van der Waals surface area contributed by atoms with Crippen molar-refractivity contribution in [2.45, 2.75) is 24.8 Å². The monoisotopic (exact) mass is 529 g/mol. The first-order valence-electron chi connectivity index (χ1n) is 10.2. The maximum absolute atomic E-state index is 14.8. The molecule has 1 atom stereocenters. The van der Waals surface area contributed by atoms with Crippen LogP contribution in [-0.2, 0) is 14.8 Å². The highest BCUT2D eigenvalue weighted by molar-refractivity contribution is 7.92. The molecule has 2 heterocycles. The zero-order valence-corrected chi connectivity index (χ0v) is 20.7. The van der Waals surface area contributed by atoms with Crippen molar-refractivity contribution in [1.82, 2.24) is 4.98 Å². The molecule has 0 bridgehead atoms. The van der Waals surface area contributed by atoms with E-state index in [4.69, 9.17) is 21.1 Å². The van der Waals surface area contributed by atoms with Gasteiger partial charge < -0.3 is 14.8 Å². The van der Waals surface area contributed by atoms with Crippen LogP contribution < -0.4 is 14.8 Å². The van der Waals surface area contributed by atoms with E-state index in [0.29, 0.717) is 25.6 Å². The van der Waals surface area contributed by atoms with Crippen LogP contribution in [0.25, 0.3) is 0 Å². The fraction of sp³-hybridized carbons (Fsp3) is 0.318. The van der Waals surface area contributed by atoms with E-state index in [1.54, 1.807) is 13.0 Å². The number of halogens is 3. The Morgan fingerprint density at radius 1 is 1.26 bits per heavy atom. The maximum Gasteiger partial charge on any atom is 0.266 e. The zero-order chi connectivity index (χ0) is 24.5. The minimum atomic E-state index is -4.24. The molecule has 0 radical (unpaired) electrons. The number of thiazole rings is 1. The van der Waals surface area contributed by atoms with Gasteiger partial charge in [0.05, 0.1) is 42.1 Å². The molecule has 4 rings (SSSR count). The number of hydrogen-bond donors (Lipinski definition) is 2. The second-order valence-corrected chi connectivity index (χ2v) is 11.2. The summed E-state index contributed by atoms with van der Waals surface area (Å²) >= 11 is 7.44. The van der Waals surface area contributed by atoms with E-state index >= 15 is 0 Å². The van der Waals surface area contributed by atoms with Crippen molar-refractivity contribution >= 4 is 44.5 Å². The van der Waals surface area contributed by atoms with E-state index in [1.807, 2.05) is 6.92 Å². The summed E-state index contributed by atoms with van der Waals surface area (Å²) in [5.41, 5.74) is 1.77. The van der Waals surface area contributed by atoms with Crippen molar-refractivity contribution in [3.63, 3.8) is 0 Å². The molecule has 2 aromatic carbocycles. The average molecular weight is 530 g/mol. The summed E-state index contributed by atoms with van der Waals surface area (Å²) in [6, 6.07) is 5.73. The Morgan fingerprint density at radius 2 is 2.03 bits per heavy atom. The van der Waals surface area contributed by atoms with Crippen molar-refractivity contribution in [2.24, 2.45) is 5.41 Å². The lowest BCUT2D eigenvalue weighted by Gasteiger charge is -2.37. The predicted octanol–water partition coefficient (Wildman–Crippen LogP) is 5.46. The second-order valence-electron chi connectivity index (χ2n) is 8.38. The minimum Gasteiger partial charge on any atom is -0.493 e. The lowest BCUT2D eigenvalue weighted by atomic mass is 9.90. The highest BCUT2D eigenvalue weighted by Gasteiger charge is 2.34. The van der Waals surface area contributed by atoms with Gasteiger partial charge in [0.15, 0.2) is 5.82 Å². The van der Waals surface area contributed by atoms with Crippen molar-refractivity contribution < 1.29 is 26.7 Å². The van der Waals surface area contributed by atoms with Crippen LogP contribution in [0.4, 0.5) is 20.3 Å². The van der Waals surface area contributed by atoms with Crippen LogP contribution in [-0.4, -0.2) is 33.2 Å². The number of ether oxygens (including phenoxy) is 2. The van der Waals surface area contributed by atoms with Crippen LogP contribution in [0, 0.1) is 17.0 Å². The van der Waals surface area contributed by atoms with Crippen LogP contribution in [0.3, 0.4) is 0 Å². The van der Waals surface area contributed by atoms with E-state index in [1.165, 1.54) is 34.4 Å². The van der Waals surface area contributed by atoms with E-state index in [9.17, 15) is 17.2 Å². The van der Waals surface area contributed by atoms with Crippen molar-refractivity contribution in [2.75, 3.05) is 29.9 Å². The summed E-state index contributed by atoms with van der Waals surface area (Å²) < 4.78 is 67.6. The summed E-state index contributed by atoms with van der Waals surface area (Å²) in [6.45, 7) is 5.36. The molecule has 1 aliphatic heterocycles. The molecular weight excluding hydrogens is 508 g/mol. The van der Waals surface area contributed by atoms with E-state index in [-0.39, 0.29) is 27.5 Å². The van der Waals surface area contributed by atoms with Gasteiger partial charge in [-0.2, -0.15) is 0 Å². The number of benzene rings is 2. The Hall–Kier alpha value is -2.47. The van der Waals surface area contributed by atoms with E-state index in [2.05, 4.69) is 15.0 Å². The van der Waals surface area contributed by atoms with Crippen LogP contribution in [0.1, 0.15) is 25.5 Å². The smallest absolute Gasteiger partial charge is 0.266 e. The van der Waals surface area contributed by atoms with Gasteiger partial charge in [0, 0.05) is 16.4 Å². The Morgan fingerprint density at radius 3 is 2.68 bits per heavy atom. The summed E-state index contributed by atoms with van der Waals surface area (Å²) in [5.74, 6) is -0.929. The number of rotatable bonds is 9. The Bertz CT molecular complexity index is 1290. The SMILES string of the molecule is CC(Nc1cc(F)c(S(=O)(=O)Nc2cscn2)cc1Cl)c1cc(OCC2(C)COC2)ccc1F. The maximum atomic E-state index is 14.8. The first-order valence-corrected chi connectivity index (χ1v) is 13.0. The molecule has 0 amide bonds. The van der Waals surface area contributed by atoms with Crippen LogP contribution in [0.15, 0.2) is 46.1 Å². The van der Waals surface area contributed by atoms with Gasteiger partial charge in [-0.1, -0.05) is 18.5 Å². The number of sulfonamides is 1. The third kappa shape index (κ3) is 5.43. The van der Waals surface area contributed by atoms with Gasteiger partial charge in [-0.05, 0) is 37.3 Å². The fourth-order valence-corrected chi connectivity index (χ4v) is 5.27. The normalized spacial score (nSPS) is 15.9. The third-order valence-corrected chi connectivity index (χ3v) is 7.55. The van der Waals surface area contributed by atoms with Crippen molar-refractivity contribution in [3.05, 3.63) is 63.4 Å². The highest BCUT2D eigenvalue weighted by Crippen LogP contribution is 2.33. The molecule has 182 valence electrons. The number of anilines is 2. The van der Waals surface area contributed by atoms with Gasteiger partial charge in [-0.15, -0.1) is 11.3 Å². The molecule has 1 aliphatic rings. The largest absolute Gasteiger partial charge is 0.493 e. The number of hydrogen-bond acceptors (Lipinski definition) is 7. The predicted molar refractivity (Wildman–Crippen MR) is 127 cm³/mol. The van der Waals surface area contributed by atoms with Crippen LogP contribution >= 0.6 is 22.9 Å². The molecule has 0 aliphatic carbocycles. The lowest BCUT2D eigenvalue weighted by Crippen LogP contribution is -2.44. The molecule has 1 saturated heterocycles. The quantitative estimate of drug-likeness (QED) is 0.382. The van der Waals surface area contributed by atoms with Gasteiger partial charge in [0.25, 0.3) is 10.0 Å². The topological polar surface area (TPSA) is 89.6 Å². The second kappa shape index (κ2) is 9.65. The van der Waals surface area contributed by atoms with Gasteiger partial charge >= 0.3 is 0 Å². The molecule has 0 spiro atoms. The molecule has 34 heavy (non-hydrogen) atoms. The molecule has 1 unspecified atom stereocenters.